The molecule has 7 heteroatoms. The number of carbonyl (C=O) groups excluding carboxylic acids is 2. The number of methoxy groups -OCH3 is 2. The lowest BCUT2D eigenvalue weighted by molar-refractivity contribution is -0.120. The molecule has 0 bridgehead atoms. The summed E-state index contributed by atoms with van der Waals surface area (Å²) >= 11 is 0. The van der Waals surface area contributed by atoms with Gasteiger partial charge in [-0.25, -0.2) is 4.79 Å². The number of carbonyl (C=O) groups is 2. The number of nitrogens with one attached hydrogen (secondary N) is 2. The van der Waals surface area contributed by atoms with Crippen LogP contribution in [-0.4, -0.2) is 50.8 Å². The Morgan fingerprint density at radius 3 is 2.70 bits per heavy atom. The van der Waals surface area contributed by atoms with Crippen LogP contribution >= 0.6 is 0 Å². The molecule has 0 saturated carbocycles. The van der Waals surface area contributed by atoms with E-state index in [-0.39, 0.29) is 12.5 Å². The van der Waals surface area contributed by atoms with Crippen LogP contribution < -0.4 is 10.6 Å². The summed E-state index contributed by atoms with van der Waals surface area (Å²) in [6.45, 7) is 1.62. The van der Waals surface area contributed by atoms with Crippen molar-refractivity contribution in [3.8, 4) is 0 Å². The molecule has 0 aromatic carbocycles. The number of ether oxygens (including phenoxy) is 2. The fourth-order valence-electron chi connectivity index (χ4n) is 1.43. The molecule has 7 nitrogen and oxygen atoms in total. The normalized spacial score (nSPS) is 10.1. The van der Waals surface area contributed by atoms with Gasteiger partial charge in [-0.15, -0.1) is 0 Å². The van der Waals surface area contributed by atoms with Gasteiger partial charge in [0, 0.05) is 26.4 Å². The van der Waals surface area contributed by atoms with Crippen molar-refractivity contribution < 1.29 is 19.1 Å². The summed E-state index contributed by atoms with van der Waals surface area (Å²) in [6.07, 6.45) is 1.45. The molecule has 110 valence electrons. The molecule has 0 unspecified atom stereocenters. The van der Waals surface area contributed by atoms with Crippen LogP contribution in [0.4, 0.5) is 0 Å². The second-order valence-corrected chi connectivity index (χ2v) is 3.98. The van der Waals surface area contributed by atoms with E-state index in [0.717, 1.165) is 5.69 Å². The zero-order valence-corrected chi connectivity index (χ0v) is 11.6. The molecule has 0 spiro atoms. The standard InChI is InChI=1S/C13H19N3O4/c1-19-6-5-15-12(17)9-14-8-11-4-3-10(7-16-11)13(18)20-2/h3-4,7,14H,5-6,8-9H2,1-2H3,(H,15,17). The molecule has 0 saturated heterocycles. The van der Waals surface area contributed by atoms with E-state index in [0.29, 0.717) is 25.3 Å². The highest BCUT2D eigenvalue weighted by atomic mass is 16.5. The van der Waals surface area contributed by atoms with E-state index in [9.17, 15) is 9.59 Å². The highest BCUT2D eigenvalue weighted by Crippen LogP contribution is 2.01. The van der Waals surface area contributed by atoms with Gasteiger partial charge in [0.15, 0.2) is 0 Å². The van der Waals surface area contributed by atoms with Gasteiger partial charge in [-0.2, -0.15) is 0 Å². The van der Waals surface area contributed by atoms with Crippen molar-refractivity contribution in [2.75, 3.05) is 33.9 Å². The van der Waals surface area contributed by atoms with Crippen molar-refractivity contribution in [1.29, 1.82) is 0 Å². The molecule has 1 rings (SSSR count). The van der Waals surface area contributed by atoms with E-state index >= 15 is 0 Å². The Hall–Kier alpha value is -1.99. The summed E-state index contributed by atoms with van der Waals surface area (Å²) in [6, 6.07) is 3.34. The summed E-state index contributed by atoms with van der Waals surface area (Å²) in [5, 5.41) is 5.65. The lowest BCUT2D eigenvalue weighted by Crippen LogP contribution is -2.35. The van der Waals surface area contributed by atoms with Crippen LogP contribution in [0, 0.1) is 0 Å². The first-order valence-corrected chi connectivity index (χ1v) is 6.17. The minimum absolute atomic E-state index is 0.103. The van der Waals surface area contributed by atoms with Gasteiger partial charge in [-0.3, -0.25) is 9.78 Å². The number of hydrogen-bond donors (Lipinski definition) is 2. The summed E-state index contributed by atoms with van der Waals surface area (Å²) in [5.41, 5.74) is 1.14. The van der Waals surface area contributed by atoms with Crippen LogP contribution in [0.25, 0.3) is 0 Å². The lowest BCUT2D eigenvalue weighted by Gasteiger charge is -2.06. The van der Waals surface area contributed by atoms with Gasteiger partial charge in [0.05, 0.1) is 31.5 Å². The van der Waals surface area contributed by atoms with Crippen LogP contribution in [0.3, 0.4) is 0 Å². The summed E-state index contributed by atoms with van der Waals surface area (Å²) in [4.78, 5) is 26.7. The number of hydrogen-bond acceptors (Lipinski definition) is 6. The molecular weight excluding hydrogens is 262 g/mol. The number of aromatic nitrogens is 1. The van der Waals surface area contributed by atoms with Crippen LogP contribution in [0.2, 0.25) is 0 Å². The lowest BCUT2D eigenvalue weighted by atomic mass is 10.2. The SMILES string of the molecule is COCCNC(=O)CNCc1ccc(C(=O)OC)cn1. The van der Waals surface area contributed by atoms with Gasteiger partial charge in [0.25, 0.3) is 0 Å². The molecule has 0 aliphatic rings. The van der Waals surface area contributed by atoms with Gasteiger partial charge >= 0.3 is 5.97 Å². The number of rotatable bonds is 8. The predicted octanol–water partition coefficient (Wildman–Crippen LogP) is -0.280. The van der Waals surface area contributed by atoms with Crippen molar-refractivity contribution in [1.82, 2.24) is 15.6 Å². The van der Waals surface area contributed by atoms with E-state index in [1.54, 1.807) is 19.2 Å². The second kappa shape index (κ2) is 9.00. The Morgan fingerprint density at radius 1 is 1.30 bits per heavy atom. The molecule has 0 fully saturated rings. The molecular formula is C13H19N3O4. The van der Waals surface area contributed by atoms with Crippen molar-refractivity contribution in [3.05, 3.63) is 29.6 Å². The maximum Gasteiger partial charge on any atom is 0.339 e. The molecule has 0 atom stereocenters. The summed E-state index contributed by atoms with van der Waals surface area (Å²) < 4.78 is 9.40. The average molecular weight is 281 g/mol. The third-order valence-corrected chi connectivity index (χ3v) is 2.47. The third-order valence-electron chi connectivity index (χ3n) is 2.47. The van der Waals surface area contributed by atoms with E-state index in [4.69, 9.17) is 4.74 Å². The van der Waals surface area contributed by atoms with E-state index in [1.165, 1.54) is 13.3 Å². The molecule has 1 heterocycles. The first kappa shape index (κ1) is 16.1. The van der Waals surface area contributed by atoms with E-state index < -0.39 is 5.97 Å². The quantitative estimate of drug-likeness (QED) is 0.503. The minimum Gasteiger partial charge on any atom is -0.465 e. The highest BCUT2D eigenvalue weighted by Gasteiger charge is 2.05. The van der Waals surface area contributed by atoms with E-state index in [2.05, 4.69) is 20.4 Å². The number of esters is 1. The molecule has 1 amide bonds. The Morgan fingerprint density at radius 2 is 2.10 bits per heavy atom. The fourth-order valence-corrected chi connectivity index (χ4v) is 1.43. The van der Waals surface area contributed by atoms with Crippen LogP contribution in [0.15, 0.2) is 18.3 Å². The van der Waals surface area contributed by atoms with Gasteiger partial charge in [0.1, 0.15) is 0 Å². The molecule has 1 aromatic rings. The Labute approximate surface area is 117 Å². The first-order chi connectivity index (χ1) is 9.67. The Kier molecular flexibility index (Phi) is 7.23. The number of nitrogens with zero attached hydrogens (tertiary/aromatic N) is 1. The van der Waals surface area contributed by atoms with Gasteiger partial charge < -0.3 is 20.1 Å². The maximum atomic E-state index is 11.4. The first-order valence-electron chi connectivity index (χ1n) is 6.17. The van der Waals surface area contributed by atoms with Gasteiger partial charge in [-0.1, -0.05) is 0 Å². The van der Waals surface area contributed by atoms with Crippen molar-refractivity contribution in [2.24, 2.45) is 0 Å². The van der Waals surface area contributed by atoms with Crippen molar-refractivity contribution in [3.63, 3.8) is 0 Å². The monoisotopic (exact) mass is 281 g/mol. The highest BCUT2D eigenvalue weighted by molar-refractivity contribution is 5.88. The topological polar surface area (TPSA) is 89.6 Å². The summed E-state index contributed by atoms with van der Waals surface area (Å²) in [7, 11) is 2.90. The van der Waals surface area contributed by atoms with E-state index in [1.807, 2.05) is 0 Å². The Bertz CT molecular complexity index is 434. The summed E-state index contributed by atoms with van der Waals surface area (Å²) in [5.74, 6) is -0.525. The van der Waals surface area contributed by atoms with Gasteiger partial charge in [0.2, 0.25) is 5.91 Å². The van der Waals surface area contributed by atoms with Crippen molar-refractivity contribution in [2.45, 2.75) is 6.54 Å². The molecule has 20 heavy (non-hydrogen) atoms. The average Bonchev–Trinajstić information content (AvgIpc) is 2.47. The maximum absolute atomic E-state index is 11.4. The number of amides is 1. The number of pyridine rings is 1. The largest absolute Gasteiger partial charge is 0.465 e. The van der Waals surface area contributed by atoms with Crippen LogP contribution in [0.5, 0.6) is 0 Å². The van der Waals surface area contributed by atoms with Gasteiger partial charge in [-0.05, 0) is 12.1 Å². The van der Waals surface area contributed by atoms with Crippen molar-refractivity contribution >= 4 is 11.9 Å². The molecule has 0 radical (unpaired) electrons. The predicted molar refractivity (Wildman–Crippen MR) is 72.2 cm³/mol. The molecule has 0 aliphatic carbocycles. The van der Waals surface area contributed by atoms with Crippen LogP contribution in [-0.2, 0) is 20.8 Å². The Balaban J connectivity index is 2.28. The van der Waals surface area contributed by atoms with Crippen LogP contribution in [0.1, 0.15) is 16.1 Å². The molecule has 0 aliphatic heterocycles. The zero-order chi connectivity index (χ0) is 14.8. The minimum atomic E-state index is -0.422. The fraction of sp³-hybridized carbons (Fsp3) is 0.462. The zero-order valence-electron chi connectivity index (χ0n) is 11.6. The third kappa shape index (κ3) is 5.77. The smallest absolute Gasteiger partial charge is 0.339 e. The molecule has 2 N–H and O–H groups in total. The molecule has 1 aromatic heterocycles. The second-order valence-electron chi connectivity index (χ2n) is 3.98.